The number of nitrogens with one attached hydrogen (secondary N) is 2. The number of carbonyl (C=O) groups is 2. The Labute approximate surface area is 188 Å². The lowest BCUT2D eigenvalue weighted by atomic mass is 9.97. The van der Waals surface area contributed by atoms with Crippen molar-refractivity contribution in [3.8, 4) is 0 Å². The first-order valence-electron chi connectivity index (χ1n) is 10.9. The summed E-state index contributed by atoms with van der Waals surface area (Å²) in [6, 6.07) is 3.58. The van der Waals surface area contributed by atoms with Crippen molar-refractivity contribution >= 4 is 21.8 Å². The number of rotatable bonds is 7. The summed E-state index contributed by atoms with van der Waals surface area (Å²) in [5.74, 6) is -2.10. The van der Waals surface area contributed by atoms with Crippen LogP contribution in [0.15, 0.2) is 34.7 Å². The van der Waals surface area contributed by atoms with Crippen molar-refractivity contribution in [1.82, 2.24) is 14.9 Å². The number of aryl methyl sites for hydroxylation is 1. The predicted octanol–water partition coefficient (Wildman–Crippen LogP) is 1.99. The quantitative estimate of drug-likeness (QED) is 0.471. The fourth-order valence-electron chi connectivity index (χ4n) is 3.82. The Morgan fingerprint density at radius 1 is 1.19 bits per heavy atom. The molecular formula is C22H30FN3O5S. The Morgan fingerprint density at radius 3 is 2.69 bits per heavy atom. The van der Waals surface area contributed by atoms with Crippen molar-refractivity contribution in [3.63, 3.8) is 0 Å². The predicted molar refractivity (Wildman–Crippen MR) is 117 cm³/mol. The van der Waals surface area contributed by atoms with E-state index in [-0.39, 0.29) is 23.5 Å². The molecule has 176 valence electrons. The normalized spacial score (nSPS) is 19.8. The Kier molecular flexibility index (Phi) is 8.38. The SMILES string of the molecule is Cc1cc(S(=O)(=O)N2CCCO[C@@H]2CNC(=O)C(=O)NCCC2=CCCCC2)ccc1F. The van der Waals surface area contributed by atoms with Gasteiger partial charge in [0.05, 0.1) is 18.0 Å². The molecule has 0 unspecified atom stereocenters. The molecule has 1 saturated heterocycles. The summed E-state index contributed by atoms with van der Waals surface area (Å²) in [5, 5.41) is 5.05. The van der Waals surface area contributed by atoms with E-state index in [0.29, 0.717) is 26.0 Å². The summed E-state index contributed by atoms with van der Waals surface area (Å²) >= 11 is 0. The minimum absolute atomic E-state index is 0.0482. The van der Waals surface area contributed by atoms with Crippen LogP contribution in [0, 0.1) is 12.7 Å². The second kappa shape index (κ2) is 11.0. The van der Waals surface area contributed by atoms with Crippen LogP contribution in [0.2, 0.25) is 0 Å². The van der Waals surface area contributed by atoms with E-state index in [2.05, 4.69) is 16.7 Å². The molecular weight excluding hydrogens is 437 g/mol. The maximum atomic E-state index is 13.6. The molecule has 0 saturated carbocycles. The van der Waals surface area contributed by atoms with Crippen LogP contribution in [0.4, 0.5) is 4.39 Å². The fraction of sp³-hybridized carbons (Fsp3) is 0.545. The number of nitrogens with zero attached hydrogens (tertiary/aromatic N) is 1. The third-order valence-corrected chi connectivity index (χ3v) is 7.54. The Hall–Kier alpha value is -2.30. The van der Waals surface area contributed by atoms with Crippen LogP contribution in [0.5, 0.6) is 0 Å². The van der Waals surface area contributed by atoms with E-state index in [0.717, 1.165) is 29.6 Å². The van der Waals surface area contributed by atoms with Gasteiger partial charge in [-0.1, -0.05) is 11.6 Å². The Morgan fingerprint density at radius 2 is 1.97 bits per heavy atom. The van der Waals surface area contributed by atoms with Gasteiger partial charge in [0, 0.05) is 13.1 Å². The van der Waals surface area contributed by atoms with Gasteiger partial charge in [0.15, 0.2) is 0 Å². The number of allylic oxidation sites excluding steroid dienone is 1. The van der Waals surface area contributed by atoms with Gasteiger partial charge in [-0.15, -0.1) is 0 Å². The maximum absolute atomic E-state index is 13.6. The molecule has 1 aliphatic carbocycles. The molecule has 1 fully saturated rings. The molecule has 0 aromatic heterocycles. The topological polar surface area (TPSA) is 105 Å². The molecule has 1 aromatic carbocycles. The lowest BCUT2D eigenvalue weighted by Crippen LogP contribution is -2.53. The maximum Gasteiger partial charge on any atom is 0.309 e. The van der Waals surface area contributed by atoms with Crippen LogP contribution in [0.1, 0.15) is 44.1 Å². The molecule has 0 bridgehead atoms. The van der Waals surface area contributed by atoms with Gasteiger partial charge in [0.1, 0.15) is 12.0 Å². The molecule has 1 aliphatic heterocycles. The highest BCUT2D eigenvalue weighted by atomic mass is 32.2. The molecule has 32 heavy (non-hydrogen) atoms. The summed E-state index contributed by atoms with van der Waals surface area (Å²) in [7, 11) is -3.96. The lowest BCUT2D eigenvalue weighted by Gasteiger charge is -2.34. The molecule has 3 rings (SSSR count). The highest BCUT2D eigenvalue weighted by molar-refractivity contribution is 7.89. The van der Waals surface area contributed by atoms with Crippen LogP contribution in [-0.4, -0.2) is 57.0 Å². The number of ether oxygens (including phenoxy) is 1. The first-order valence-corrected chi connectivity index (χ1v) is 12.4. The van der Waals surface area contributed by atoms with E-state index in [1.165, 1.54) is 31.1 Å². The van der Waals surface area contributed by atoms with E-state index >= 15 is 0 Å². The zero-order valence-corrected chi connectivity index (χ0v) is 19.0. The van der Waals surface area contributed by atoms with Gasteiger partial charge in [0.2, 0.25) is 10.0 Å². The molecule has 1 heterocycles. The van der Waals surface area contributed by atoms with E-state index in [1.807, 2.05) is 0 Å². The van der Waals surface area contributed by atoms with Crippen LogP contribution >= 0.6 is 0 Å². The second-order valence-corrected chi connectivity index (χ2v) is 9.92. The minimum Gasteiger partial charge on any atom is -0.360 e. The Bertz CT molecular complexity index is 980. The number of amides is 2. The third-order valence-electron chi connectivity index (χ3n) is 5.65. The number of hydrogen-bond donors (Lipinski definition) is 2. The van der Waals surface area contributed by atoms with E-state index in [4.69, 9.17) is 4.74 Å². The average Bonchev–Trinajstić information content (AvgIpc) is 2.80. The van der Waals surface area contributed by atoms with Gasteiger partial charge in [0.25, 0.3) is 0 Å². The van der Waals surface area contributed by atoms with Crippen LogP contribution < -0.4 is 10.6 Å². The van der Waals surface area contributed by atoms with Crippen LogP contribution in [0.3, 0.4) is 0 Å². The molecule has 2 N–H and O–H groups in total. The number of sulfonamides is 1. The van der Waals surface area contributed by atoms with Crippen LogP contribution in [-0.2, 0) is 24.3 Å². The van der Waals surface area contributed by atoms with Crippen molar-refractivity contribution in [2.45, 2.75) is 56.6 Å². The molecule has 0 spiro atoms. The lowest BCUT2D eigenvalue weighted by molar-refractivity contribution is -0.140. The van der Waals surface area contributed by atoms with Crippen molar-refractivity contribution in [1.29, 1.82) is 0 Å². The summed E-state index contributed by atoms with van der Waals surface area (Å²) in [6.45, 7) is 2.22. The van der Waals surface area contributed by atoms with E-state index in [9.17, 15) is 22.4 Å². The van der Waals surface area contributed by atoms with Crippen molar-refractivity contribution in [2.75, 3.05) is 26.2 Å². The summed E-state index contributed by atoms with van der Waals surface area (Å²) in [6.07, 6.45) is 6.86. The van der Waals surface area contributed by atoms with Crippen molar-refractivity contribution in [3.05, 3.63) is 41.2 Å². The smallest absolute Gasteiger partial charge is 0.309 e. The highest BCUT2D eigenvalue weighted by Crippen LogP contribution is 2.23. The van der Waals surface area contributed by atoms with Gasteiger partial charge in [-0.25, -0.2) is 12.8 Å². The highest BCUT2D eigenvalue weighted by Gasteiger charge is 2.35. The third kappa shape index (κ3) is 6.14. The molecule has 2 amide bonds. The summed E-state index contributed by atoms with van der Waals surface area (Å²) in [4.78, 5) is 24.2. The number of halogens is 1. The van der Waals surface area contributed by atoms with Gasteiger partial charge >= 0.3 is 11.8 Å². The monoisotopic (exact) mass is 467 g/mol. The Balaban J connectivity index is 1.55. The molecule has 10 heteroatoms. The van der Waals surface area contributed by atoms with Crippen molar-refractivity contribution < 1.29 is 27.1 Å². The summed E-state index contributed by atoms with van der Waals surface area (Å²) < 4.78 is 46.4. The first kappa shape index (κ1) is 24.3. The molecule has 0 radical (unpaired) electrons. The number of benzene rings is 1. The number of hydrogen-bond acceptors (Lipinski definition) is 5. The average molecular weight is 468 g/mol. The van der Waals surface area contributed by atoms with Crippen molar-refractivity contribution in [2.24, 2.45) is 0 Å². The summed E-state index contributed by atoms with van der Waals surface area (Å²) in [5.41, 5.74) is 1.51. The van der Waals surface area contributed by atoms with Gasteiger partial charge in [-0.05, 0) is 69.2 Å². The molecule has 2 aliphatic rings. The zero-order chi connectivity index (χ0) is 23.1. The molecule has 1 atom stereocenters. The van der Waals surface area contributed by atoms with E-state index < -0.39 is 33.9 Å². The standard InChI is InChI=1S/C22H30FN3O5S/c1-16-14-18(8-9-19(16)23)32(29,30)26-12-5-13-31-20(26)15-25-22(28)21(27)24-11-10-17-6-3-2-4-7-17/h6,8-9,14,20H,2-5,7,10-13,15H2,1H3,(H,24,27)(H,25,28)/t20-/m1/s1. The molecule has 8 nitrogen and oxygen atoms in total. The molecule has 1 aromatic rings. The fourth-order valence-corrected chi connectivity index (χ4v) is 5.48. The number of carbonyl (C=O) groups excluding carboxylic acids is 2. The minimum atomic E-state index is -3.96. The van der Waals surface area contributed by atoms with Gasteiger partial charge in [-0.2, -0.15) is 4.31 Å². The second-order valence-electron chi connectivity index (χ2n) is 8.03. The van der Waals surface area contributed by atoms with Gasteiger partial charge in [-0.3, -0.25) is 9.59 Å². The van der Waals surface area contributed by atoms with Crippen LogP contribution in [0.25, 0.3) is 0 Å². The zero-order valence-electron chi connectivity index (χ0n) is 18.2. The van der Waals surface area contributed by atoms with E-state index in [1.54, 1.807) is 0 Å². The van der Waals surface area contributed by atoms with Gasteiger partial charge < -0.3 is 15.4 Å². The first-order chi connectivity index (χ1) is 15.3. The largest absolute Gasteiger partial charge is 0.360 e.